The lowest BCUT2D eigenvalue weighted by Gasteiger charge is -2.28. The van der Waals surface area contributed by atoms with E-state index in [9.17, 15) is 4.79 Å². The molecule has 0 aromatic rings. The maximum atomic E-state index is 12.1. The molecular formula is C16H31N3O. The van der Waals surface area contributed by atoms with Crippen molar-refractivity contribution >= 4 is 5.91 Å². The van der Waals surface area contributed by atoms with Gasteiger partial charge in [0.05, 0.1) is 0 Å². The number of piperidine rings is 1. The van der Waals surface area contributed by atoms with Gasteiger partial charge in [0, 0.05) is 12.5 Å². The van der Waals surface area contributed by atoms with E-state index in [0.29, 0.717) is 5.92 Å². The van der Waals surface area contributed by atoms with Gasteiger partial charge in [0.2, 0.25) is 5.91 Å². The Labute approximate surface area is 123 Å². The number of nitrogens with zero attached hydrogens (tertiary/aromatic N) is 1. The summed E-state index contributed by atoms with van der Waals surface area (Å²) in [6.45, 7) is 5.25. The first-order chi connectivity index (χ1) is 9.79. The molecule has 2 aliphatic rings. The van der Waals surface area contributed by atoms with Crippen molar-refractivity contribution in [3.8, 4) is 0 Å². The van der Waals surface area contributed by atoms with Crippen molar-refractivity contribution in [2.24, 2.45) is 17.6 Å². The Morgan fingerprint density at radius 3 is 2.45 bits per heavy atom. The van der Waals surface area contributed by atoms with Crippen LogP contribution >= 0.6 is 0 Å². The van der Waals surface area contributed by atoms with Crippen LogP contribution in [-0.4, -0.2) is 43.5 Å². The summed E-state index contributed by atoms with van der Waals surface area (Å²) in [5, 5.41) is 3.13. The summed E-state index contributed by atoms with van der Waals surface area (Å²) in [5.41, 5.74) is 5.69. The minimum Gasteiger partial charge on any atom is -0.356 e. The molecule has 4 nitrogen and oxygen atoms in total. The summed E-state index contributed by atoms with van der Waals surface area (Å²) in [6.07, 6.45) is 9.47. The molecule has 0 spiro atoms. The zero-order valence-corrected chi connectivity index (χ0v) is 12.8. The third-order valence-corrected chi connectivity index (χ3v) is 4.95. The Morgan fingerprint density at radius 1 is 1.10 bits per heavy atom. The van der Waals surface area contributed by atoms with Crippen LogP contribution in [0.3, 0.4) is 0 Å². The average Bonchev–Trinajstić information content (AvgIpc) is 2.52. The molecule has 116 valence electrons. The highest BCUT2D eigenvalue weighted by Gasteiger charge is 2.25. The number of hydrogen-bond donors (Lipinski definition) is 2. The number of carbonyl (C=O) groups excluding carboxylic acids is 1. The molecular weight excluding hydrogens is 250 g/mol. The molecule has 1 aliphatic carbocycles. The van der Waals surface area contributed by atoms with Crippen molar-refractivity contribution in [3.63, 3.8) is 0 Å². The molecule has 1 saturated carbocycles. The van der Waals surface area contributed by atoms with Crippen LogP contribution in [0.15, 0.2) is 0 Å². The van der Waals surface area contributed by atoms with Crippen molar-refractivity contribution in [1.82, 2.24) is 10.2 Å². The van der Waals surface area contributed by atoms with Crippen molar-refractivity contribution in [2.45, 2.75) is 51.4 Å². The Hall–Kier alpha value is -0.610. The van der Waals surface area contributed by atoms with Gasteiger partial charge in [0.25, 0.3) is 0 Å². The number of amides is 1. The maximum Gasteiger partial charge on any atom is 0.223 e. The van der Waals surface area contributed by atoms with E-state index >= 15 is 0 Å². The zero-order chi connectivity index (χ0) is 14.2. The van der Waals surface area contributed by atoms with Gasteiger partial charge < -0.3 is 16.0 Å². The molecule has 4 heteroatoms. The molecule has 0 aromatic carbocycles. The highest BCUT2D eigenvalue weighted by molar-refractivity contribution is 5.78. The summed E-state index contributed by atoms with van der Waals surface area (Å²) in [7, 11) is 0. The summed E-state index contributed by atoms with van der Waals surface area (Å²) in [4.78, 5) is 14.6. The normalized spacial score (nSPS) is 28.2. The smallest absolute Gasteiger partial charge is 0.223 e. The van der Waals surface area contributed by atoms with Crippen LogP contribution in [0.5, 0.6) is 0 Å². The van der Waals surface area contributed by atoms with E-state index in [4.69, 9.17) is 5.73 Å². The Bertz CT molecular complexity index is 281. The maximum absolute atomic E-state index is 12.1. The third kappa shape index (κ3) is 5.06. The fourth-order valence-electron chi connectivity index (χ4n) is 3.50. The van der Waals surface area contributed by atoms with Crippen LogP contribution in [0.25, 0.3) is 0 Å². The first-order valence-electron chi connectivity index (χ1n) is 8.49. The summed E-state index contributed by atoms with van der Waals surface area (Å²) in [5.74, 6) is 1.17. The predicted octanol–water partition coefficient (Wildman–Crippen LogP) is 1.74. The van der Waals surface area contributed by atoms with Gasteiger partial charge in [-0.3, -0.25) is 4.79 Å². The van der Waals surface area contributed by atoms with Crippen molar-refractivity contribution in [2.75, 3.05) is 32.7 Å². The van der Waals surface area contributed by atoms with E-state index in [0.717, 1.165) is 51.7 Å². The largest absolute Gasteiger partial charge is 0.356 e. The lowest BCUT2D eigenvalue weighted by atomic mass is 9.81. The monoisotopic (exact) mass is 281 g/mol. The number of carbonyl (C=O) groups is 1. The number of likely N-dealkylation sites (tertiary alicyclic amines) is 1. The van der Waals surface area contributed by atoms with E-state index in [1.165, 1.54) is 32.4 Å². The molecule has 1 heterocycles. The lowest BCUT2D eigenvalue weighted by molar-refractivity contribution is -0.126. The first kappa shape index (κ1) is 15.8. The van der Waals surface area contributed by atoms with Gasteiger partial charge in [0.1, 0.15) is 0 Å². The van der Waals surface area contributed by atoms with Gasteiger partial charge in [0.15, 0.2) is 0 Å². The van der Waals surface area contributed by atoms with Gasteiger partial charge in [-0.05, 0) is 77.0 Å². The Balaban J connectivity index is 1.53. The minimum absolute atomic E-state index is 0.243. The summed E-state index contributed by atoms with van der Waals surface area (Å²) in [6, 6.07) is 0. The molecule has 0 aromatic heterocycles. The second-order valence-corrected chi connectivity index (χ2v) is 6.50. The van der Waals surface area contributed by atoms with Gasteiger partial charge >= 0.3 is 0 Å². The number of hydrogen-bond acceptors (Lipinski definition) is 3. The molecule has 1 saturated heterocycles. The molecule has 3 N–H and O–H groups in total. The van der Waals surface area contributed by atoms with Crippen molar-refractivity contribution in [1.29, 1.82) is 0 Å². The Morgan fingerprint density at radius 2 is 1.80 bits per heavy atom. The quantitative estimate of drug-likeness (QED) is 0.729. The fourth-order valence-corrected chi connectivity index (χ4v) is 3.50. The topological polar surface area (TPSA) is 58.4 Å². The molecule has 0 unspecified atom stereocenters. The molecule has 0 radical (unpaired) electrons. The molecule has 0 atom stereocenters. The predicted molar refractivity (Wildman–Crippen MR) is 82.4 cm³/mol. The second kappa shape index (κ2) is 8.63. The van der Waals surface area contributed by atoms with E-state index in [1.54, 1.807) is 0 Å². The second-order valence-electron chi connectivity index (χ2n) is 6.50. The molecule has 2 rings (SSSR count). The van der Waals surface area contributed by atoms with Crippen molar-refractivity contribution < 1.29 is 4.79 Å². The molecule has 1 amide bonds. The standard InChI is InChI=1S/C16H31N3O/c17-13-14-5-7-15(8-6-14)16(20)18-9-4-12-19-10-2-1-3-11-19/h14-15H,1-13,17H2,(H,18,20). The third-order valence-electron chi connectivity index (χ3n) is 4.95. The van der Waals surface area contributed by atoms with E-state index in [2.05, 4.69) is 10.2 Å². The minimum atomic E-state index is 0.243. The first-order valence-corrected chi connectivity index (χ1v) is 8.49. The van der Waals surface area contributed by atoms with Crippen LogP contribution in [0.4, 0.5) is 0 Å². The molecule has 2 fully saturated rings. The highest BCUT2D eigenvalue weighted by Crippen LogP contribution is 2.28. The van der Waals surface area contributed by atoms with E-state index in [1.807, 2.05) is 0 Å². The number of rotatable bonds is 6. The lowest BCUT2D eigenvalue weighted by Crippen LogP contribution is -2.36. The van der Waals surface area contributed by atoms with Crippen molar-refractivity contribution in [3.05, 3.63) is 0 Å². The SMILES string of the molecule is NCC1CCC(C(=O)NCCCN2CCCCC2)CC1. The fraction of sp³-hybridized carbons (Fsp3) is 0.938. The number of nitrogens with two attached hydrogens (primary N) is 1. The van der Waals surface area contributed by atoms with Gasteiger partial charge in [-0.1, -0.05) is 6.42 Å². The van der Waals surface area contributed by atoms with Gasteiger partial charge in [-0.15, -0.1) is 0 Å². The average molecular weight is 281 g/mol. The molecule has 1 aliphatic heterocycles. The Kier molecular flexibility index (Phi) is 6.80. The zero-order valence-electron chi connectivity index (χ0n) is 12.8. The number of nitrogens with one attached hydrogen (secondary N) is 1. The molecule has 20 heavy (non-hydrogen) atoms. The van der Waals surface area contributed by atoms with E-state index in [-0.39, 0.29) is 11.8 Å². The van der Waals surface area contributed by atoms with Crippen LogP contribution in [0, 0.1) is 11.8 Å². The van der Waals surface area contributed by atoms with Gasteiger partial charge in [-0.2, -0.15) is 0 Å². The van der Waals surface area contributed by atoms with Crippen LogP contribution in [0.2, 0.25) is 0 Å². The van der Waals surface area contributed by atoms with Crippen LogP contribution in [0.1, 0.15) is 51.4 Å². The van der Waals surface area contributed by atoms with Crippen LogP contribution < -0.4 is 11.1 Å². The molecule has 0 bridgehead atoms. The summed E-state index contributed by atoms with van der Waals surface area (Å²) >= 11 is 0. The van der Waals surface area contributed by atoms with Crippen LogP contribution in [-0.2, 0) is 4.79 Å². The summed E-state index contributed by atoms with van der Waals surface area (Å²) < 4.78 is 0. The van der Waals surface area contributed by atoms with E-state index < -0.39 is 0 Å². The van der Waals surface area contributed by atoms with Gasteiger partial charge in [-0.25, -0.2) is 0 Å². The highest BCUT2D eigenvalue weighted by atomic mass is 16.1.